The number of hydrogen-bond donors (Lipinski definition) is 2. The molecule has 0 aromatic carbocycles. The summed E-state index contributed by atoms with van der Waals surface area (Å²) in [4.78, 5) is 40.3. The molecule has 1 saturated heterocycles. The Morgan fingerprint density at radius 1 is 1.35 bits per heavy atom. The van der Waals surface area contributed by atoms with Gasteiger partial charge in [-0.25, -0.2) is 4.79 Å². The van der Waals surface area contributed by atoms with Gasteiger partial charge in [0.05, 0.1) is 0 Å². The van der Waals surface area contributed by atoms with Crippen LogP contribution in [0, 0.1) is 25.2 Å². The molecule has 1 amide bonds. The number of carbonyl (C=O) groups is 1. The number of hydrogen-bond acceptors (Lipinski definition) is 3. The summed E-state index contributed by atoms with van der Waals surface area (Å²) >= 11 is 0. The van der Waals surface area contributed by atoms with Crippen LogP contribution in [0.2, 0.25) is 0 Å². The number of aryl methyl sites for hydroxylation is 1. The van der Waals surface area contributed by atoms with Crippen molar-refractivity contribution in [2.75, 3.05) is 11.4 Å². The zero-order valence-corrected chi connectivity index (χ0v) is 9.24. The van der Waals surface area contributed by atoms with Crippen LogP contribution in [0.15, 0.2) is 9.59 Å². The summed E-state index contributed by atoms with van der Waals surface area (Å²) in [5.41, 5.74) is -0.620. The Hall–Kier alpha value is -2.29. The first kappa shape index (κ1) is 11.2. The molecule has 17 heavy (non-hydrogen) atoms. The number of H-pyrrole nitrogens is 2. The van der Waals surface area contributed by atoms with Crippen LogP contribution in [0.3, 0.4) is 0 Å². The second-order valence-electron chi connectivity index (χ2n) is 3.95. The maximum absolute atomic E-state index is 11.7. The molecule has 6 nitrogen and oxygen atoms in total. The van der Waals surface area contributed by atoms with Gasteiger partial charge in [-0.1, -0.05) is 0 Å². The molecule has 1 atom stereocenters. The van der Waals surface area contributed by atoms with E-state index in [4.69, 9.17) is 6.42 Å². The third kappa shape index (κ3) is 1.87. The lowest BCUT2D eigenvalue weighted by atomic mass is 10.1. The summed E-state index contributed by atoms with van der Waals surface area (Å²) in [6.07, 6.45) is 5.49. The van der Waals surface area contributed by atoms with Gasteiger partial charge in [0.2, 0.25) is 5.91 Å². The van der Waals surface area contributed by atoms with Gasteiger partial charge < -0.3 is 9.88 Å². The molecule has 1 aliphatic rings. The predicted molar refractivity (Wildman–Crippen MR) is 61.7 cm³/mol. The second kappa shape index (κ2) is 3.94. The zero-order chi connectivity index (χ0) is 12.6. The number of amides is 1. The molecule has 1 aromatic rings. The number of anilines is 1. The molecule has 1 aromatic heterocycles. The summed E-state index contributed by atoms with van der Waals surface area (Å²) in [6, 6.07) is 0. The average molecular weight is 233 g/mol. The van der Waals surface area contributed by atoms with Gasteiger partial charge in [0.25, 0.3) is 5.56 Å². The molecule has 0 aliphatic carbocycles. The van der Waals surface area contributed by atoms with Crippen molar-refractivity contribution >= 4 is 11.6 Å². The van der Waals surface area contributed by atoms with Crippen LogP contribution in [0.1, 0.15) is 12.1 Å². The summed E-state index contributed by atoms with van der Waals surface area (Å²) in [7, 11) is 0. The monoisotopic (exact) mass is 233 g/mol. The fourth-order valence-corrected chi connectivity index (χ4v) is 1.95. The van der Waals surface area contributed by atoms with Gasteiger partial charge in [-0.3, -0.25) is 14.6 Å². The SMILES string of the molecule is C#CC1CC(=O)N(c2c(C)[nH]c(=O)[nH]c2=O)C1. The lowest BCUT2D eigenvalue weighted by molar-refractivity contribution is -0.117. The Morgan fingerprint density at radius 2 is 2.06 bits per heavy atom. The van der Waals surface area contributed by atoms with Crippen molar-refractivity contribution in [1.82, 2.24) is 9.97 Å². The quantitative estimate of drug-likeness (QED) is 0.632. The van der Waals surface area contributed by atoms with Crippen molar-refractivity contribution in [3.05, 3.63) is 26.5 Å². The fourth-order valence-electron chi connectivity index (χ4n) is 1.95. The van der Waals surface area contributed by atoms with E-state index >= 15 is 0 Å². The zero-order valence-electron chi connectivity index (χ0n) is 9.24. The van der Waals surface area contributed by atoms with Gasteiger partial charge in [-0.05, 0) is 6.92 Å². The molecule has 88 valence electrons. The smallest absolute Gasteiger partial charge is 0.309 e. The number of terminal acetylenes is 1. The van der Waals surface area contributed by atoms with E-state index in [1.165, 1.54) is 4.90 Å². The third-order valence-corrected chi connectivity index (χ3v) is 2.73. The molecule has 1 unspecified atom stereocenters. The highest BCUT2D eigenvalue weighted by Gasteiger charge is 2.32. The van der Waals surface area contributed by atoms with Crippen LogP contribution < -0.4 is 16.1 Å². The normalized spacial score (nSPS) is 19.4. The lowest BCUT2D eigenvalue weighted by Gasteiger charge is -2.16. The molecule has 2 heterocycles. The first-order valence-corrected chi connectivity index (χ1v) is 5.12. The van der Waals surface area contributed by atoms with Crippen LogP contribution in [0.25, 0.3) is 0 Å². The number of rotatable bonds is 1. The minimum Gasteiger partial charge on any atom is -0.309 e. The van der Waals surface area contributed by atoms with Gasteiger partial charge in [0.1, 0.15) is 5.69 Å². The van der Waals surface area contributed by atoms with Crippen molar-refractivity contribution in [1.29, 1.82) is 0 Å². The Balaban J connectivity index is 2.50. The molecule has 0 bridgehead atoms. The molecular formula is C11H11N3O3. The van der Waals surface area contributed by atoms with Gasteiger partial charge in [-0.2, -0.15) is 0 Å². The highest BCUT2D eigenvalue weighted by atomic mass is 16.2. The van der Waals surface area contributed by atoms with Crippen LogP contribution >= 0.6 is 0 Å². The van der Waals surface area contributed by atoms with Crippen LogP contribution in [-0.4, -0.2) is 22.4 Å². The van der Waals surface area contributed by atoms with Crippen molar-refractivity contribution in [2.45, 2.75) is 13.3 Å². The maximum Gasteiger partial charge on any atom is 0.326 e. The van der Waals surface area contributed by atoms with Gasteiger partial charge in [0, 0.05) is 24.6 Å². The van der Waals surface area contributed by atoms with Crippen molar-refractivity contribution in [3.63, 3.8) is 0 Å². The number of carbonyl (C=O) groups excluding carboxylic acids is 1. The highest BCUT2D eigenvalue weighted by Crippen LogP contribution is 2.22. The molecule has 2 N–H and O–H groups in total. The number of aromatic amines is 2. The molecule has 1 fully saturated rings. The molecule has 0 spiro atoms. The first-order chi connectivity index (χ1) is 8.02. The standard InChI is InChI=1S/C11H11N3O3/c1-3-7-4-8(15)14(5-7)9-6(2)12-11(17)13-10(9)16/h1,7H,4-5H2,2H3,(H2,12,13,16,17). The van der Waals surface area contributed by atoms with Gasteiger partial charge in [0.15, 0.2) is 0 Å². The Bertz CT molecular complexity index is 620. The van der Waals surface area contributed by atoms with Gasteiger partial charge >= 0.3 is 5.69 Å². The summed E-state index contributed by atoms with van der Waals surface area (Å²) in [6.45, 7) is 1.88. The second-order valence-corrected chi connectivity index (χ2v) is 3.95. The van der Waals surface area contributed by atoms with E-state index in [0.29, 0.717) is 12.2 Å². The fraction of sp³-hybridized carbons (Fsp3) is 0.364. The van der Waals surface area contributed by atoms with E-state index in [-0.39, 0.29) is 23.9 Å². The van der Waals surface area contributed by atoms with E-state index < -0.39 is 11.2 Å². The van der Waals surface area contributed by atoms with Crippen molar-refractivity contribution in [2.24, 2.45) is 5.92 Å². The Morgan fingerprint density at radius 3 is 2.59 bits per heavy atom. The maximum atomic E-state index is 11.7. The molecule has 6 heteroatoms. The molecular weight excluding hydrogens is 222 g/mol. The first-order valence-electron chi connectivity index (χ1n) is 5.12. The predicted octanol–water partition coefficient (Wildman–Crippen LogP) is -0.642. The molecule has 0 saturated carbocycles. The molecule has 0 radical (unpaired) electrons. The van der Waals surface area contributed by atoms with E-state index in [2.05, 4.69) is 15.9 Å². The van der Waals surface area contributed by atoms with Gasteiger partial charge in [-0.15, -0.1) is 12.3 Å². The van der Waals surface area contributed by atoms with E-state index in [1.54, 1.807) is 6.92 Å². The highest BCUT2D eigenvalue weighted by molar-refractivity contribution is 5.96. The van der Waals surface area contributed by atoms with E-state index in [9.17, 15) is 14.4 Å². The number of aromatic nitrogens is 2. The third-order valence-electron chi connectivity index (χ3n) is 2.73. The van der Waals surface area contributed by atoms with Crippen LogP contribution in [0.5, 0.6) is 0 Å². The summed E-state index contributed by atoms with van der Waals surface area (Å²) < 4.78 is 0. The summed E-state index contributed by atoms with van der Waals surface area (Å²) in [5.74, 6) is 2.11. The molecule has 1 aliphatic heterocycles. The lowest BCUT2D eigenvalue weighted by Crippen LogP contribution is -2.35. The minimum atomic E-state index is -0.587. The summed E-state index contributed by atoms with van der Waals surface area (Å²) in [5, 5.41) is 0. The topological polar surface area (TPSA) is 86.0 Å². The molecule has 2 rings (SSSR count). The largest absolute Gasteiger partial charge is 0.326 e. The van der Waals surface area contributed by atoms with Crippen LogP contribution in [0.4, 0.5) is 5.69 Å². The van der Waals surface area contributed by atoms with E-state index in [1.807, 2.05) is 0 Å². The van der Waals surface area contributed by atoms with Crippen molar-refractivity contribution < 1.29 is 4.79 Å². The minimum absolute atomic E-state index is 0.173. The average Bonchev–Trinajstić information content (AvgIpc) is 2.59. The van der Waals surface area contributed by atoms with Crippen LogP contribution in [-0.2, 0) is 4.79 Å². The number of nitrogens with one attached hydrogen (secondary N) is 2. The Labute approximate surface area is 96.7 Å². The number of nitrogens with zero attached hydrogens (tertiary/aromatic N) is 1. The Kier molecular flexibility index (Phi) is 2.60. The van der Waals surface area contributed by atoms with E-state index in [0.717, 1.165) is 0 Å². The van der Waals surface area contributed by atoms with Crippen molar-refractivity contribution in [3.8, 4) is 12.3 Å².